The fraction of sp³-hybridized carbons (Fsp3) is 0.375. The molecule has 1 saturated carbocycles. The number of nitrogens with zero attached hydrogens (tertiary/aromatic N) is 2. The molecule has 0 atom stereocenters. The molecule has 4 heteroatoms. The molecule has 1 aromatic carbocycles. The molecule has 1 aliphatic rings. The molecule has 0 amide bonds. The summed E-state index contributed by atoms with van der Waals surface area (Å²) in [5.41, 5.74) is 2.31. The summed E-state index contributed by atoms with van der Waals surface area (Å²) in [5.74, 6) is 1.52. The molecule has 1 aliphatic carbocycles. The largest absolute Gasteiger partial charge is 0.361 e. The highest BCUT2D eigenvalue weighted by molar-refractivity contribution is 5.93. The zero-order valence-corrected chi connectivity index (χ0v) is 11.5. The van der Waals surface area contributed by atoms with E-state index in [0.717, 1.165) is 35.2 Å². The lowest BCUT2D eigenvalue weighted by molar-refractivity contribution is 0.336. The highest BCUT2D eigenvalue weighted by Gasteiger charge is 2.48. The average Bonchev–Trinajstić information content (AvgIpc) is 2.94. The Hall–Kier alpha value is -2.10. The van der Waals surface area contributed by atoms with Crippen molar-refractivity contribution in [2.45, 2.75) is 38.0 Å². The van der Waals surface area contributed by atoms with E-state index in [1.54, 1.807) is 0 Å². The Morgan fingerprint density at radius 2 is 2.20 bits per heavy atom. The standard InChI is InChI=1S/C16H17N3O/c1-2-7-16(8-9-16)15-18-14(19-20-15)12-4-3-5-13-11(12)6-10-17-13/h3-6,10,17H,2,7-9H2,1H3. The molecule has 0 unspecified atom stereocenters. The molecule has 102 valence electrons. The number of benzene rings is 1. The minimum Gasteiger partial charge on any atom is -0.361 e. The van der Waals surface area contributed by atoms with Gasteiger partial charge in [0.2, 0.25) is 11.7 Å². The molecule has 4 nitrogen and oxygen atoms in total. The molecule has 1 fully saturated rings. The van der Waals surface area contributed by atoms with Gasteiger partial charge in [-0.3, -0.25) is 0 Å². The number of aromatic amines is 1. The Kier molecular flexibility index (Phi) is 2.46. The van der Waals surface area contributed by atoms with E-state index in [-0.39, 0.29) is 5.41 Å². The van der Waals surface area contributed by atoms with Crippen molar-refractivity contribution in [3.8, 4) is 11.4 Å². The maximum Gasteiger partial charge on any atom is 0.233 e. The van der Waals surface area contributed by atoms with E-state index in [9.17, 15) is 0 Å². The third-order valence-electron chi connectivity index (χ3n) is 4.30. The van der Waals surface area contributed by atoms with Crippen LogP contribution in [0.25, 0.3) is 22.3 Å². The molecular formula is C16H17N3O. The van der Waals surface area contributed by atoms with Crippen LogP contribution in [0, 0.1) is 0 Å². The number of aromatic nitrogens is 3. The number of rotatable bonds is 4. The lowest BCUT2D eigenvalue weighted by atomic mass is 10.0. The van der Waals surface area contributed by atoms with Crippen LogP contribution in [-0.4, -0.2) is 15.1 Å². The smallest absolute Gasteiger partial charge is 0.233 e. The summed E-state index contributed by atoms with van der Waals surface area (Å²) in [7, 11) is 0. The van der Waals surface area contributed by atoms with Gasteiger partial charge in [-0.05, 0) is 31.4 Å². The molecule has 0 spiro atoms. The molecule has 20 heavy (non-hydrogen) atoms. The van der Waals surface area contributed by atoms with Crippen LogP contribution < -0.4 is 0 Å². The number of nitrogens with one attached hydrogen (secondary N) is 1. The first-order valence-corrected chi connectivity index (χ1v) is 7.23. The van der Waals surface area contributed by atoms with Gasteiger partial charge in [0.15, 0.2) is 0 Å². The van der Waals surface area contributed by atoms with Gasteiger partial charge in [0, 0.05) is 28.1 Å². The Morgan fingerprint density at radius 3 is 3.00 bits per heavy atom. The molecule has 4 rings (SSSR count). The Morgan fingerprint density at radius 1 is 1.30 bits per heavy atom. The normalized spacial score (nSPS) is 16.6. The summed E-state index contributed by atoms with van der Waals surface area (Å²) in [6.07, 6.45) is 6.59. The summed E-state index contributed by atoms with van der Waals surface area (Å²) < 4.78 is 5.55. The number of fused-ring (bicyclic) bond motifs is 1. The van der Waals surface area contributed by atoms with Gasteiger partial charge in [-0.1, -0.05) is 30.6 Å². The fourth-order valence-corrected chi connectivity index (χ4v) is 3.03. The maximum atomic E-state index is 5.55. The van der Waals surface area contributed by atoms with Crippen molar-refractivity contribution in [3.63, 3.8) is 0 Å². The number of hydrogen-bond donors (Lipinski definition) is 1. The van der Waals surface area contributed by atoms with E-state index >= 15 is 0 Å². The van der Waals surface area contributed by atoms with Crippen molar-refractivity contribution in [3.05, 3.63) is 36.4 Å². The predicted molar refractivity (Wildman–Crippen MR) is 77.4 cm³/mol. The van der Waals surface area contributed by atoms with Crippen molar-refractivity contribution in [2.75, 3.05) is 0 Å². The fourth-order valence-electron chi connectivity index (χ4n) is 3.03. The summed E-state index contributed by atoms with van der Waals surface area (Å²) in [6.45, 7) is 2.21. The van der Waals surface area contributed by atoms with Gasteiger partial charge >= 0.3 is 0 Å². The Balaban J connectivity index is 1.77. The minimum absolute atomic E-state index is 0.173. The third kappa shape index (κ3) is 1.68. The topological polar surface area (TPSA) is 54.7 Å². The monoisotopic (exact) mass is 267 g/mol. The Bertz CT molecular complexity index is 752. The summed E-state index contributed by atoms with van der Waals surface area (Å²) in [5, 5.41) is 5.34. The molecule has 2 aromatic heterocycles. The first-order valence-electron chi connectivity index (χ1n) is 7.23. The Labute approximate surface area is 117 Å². The van der Waals surface area contributed by atoms with Crippen LogP contribution in [0.15, 0.2) is 35.0 Å². The van der Waals surface area contributed by atoms with E-state index in [2.05, 4.69) is 34.2 Å². The second-order valence-corrected chi connectivity index (χ2v) is 5.70. The predicted octanol–water partition coefficient (Wildman–Crippen LogP) is 4.05. The van der Waals surface area contributed by atoms with E-state index in [1.165, 1.54) is 12.8 Å². The van der Waals surface area contributed by atoms with Crippen LogP contribution in [-0.2, 0) is 5.41 Å². The third-order valence-corrected chi connectivity index (χ3v) is 4.30. The first-order chi connectivity index (χ1) is 9.82. The van der Waals surface area contributed by atoms with Crippen molar-refractivity contribution in [2.24, 2.45) is 0 Å². The molecule has 3 aromatic rings. The first kappa shape index (κ1) is 11.7. The number of H-pyrrole nitrogens is 1. The SMILES string of the molecule is CCCC1(c2nc(-c3cccc4[nH]ccc34)no2)CC1. The van der Waals surface area contributed by atoms with Gasteiger partial charge < -0.3 is 9.51 Å². The molecule has 0 aliphatic heterocycles. The quantitative estimate of drug-likeness (QED) is 0.775. The van der Waals surface area contributed by atoms with Crippen LogP contribution >= 0.6 is 0 Å². The van der Waals surface area contributed by atoms with Crippen LogP contribution in [0.5, 0.6) is 0 Å². The van der Waals surface area contributed by atoms with E-state index in [0.29, 0.717) is 5.82 Å². The van der Waals surface area contributed by atoms with Gasteiger partial charge in [-0.15, -0.1) is 0 Å². The summed E-state index contributed by atoms with van der Waals surface area (Å²) >= 11 is 0. The van der Waals surface area contributed by atoms with E-state index in [4.69, 9.17) is 4.52 Å². The maximum absolute atomic E-state index is 5.55. The zero-order valence-electron chi connectivity index (χ0n) is 11.5. The lowest BCUT2D eigenvalue weighted by Gasteiger charge is -2.06. The molecule has 0 radical (unpaired) electrons. The van der Waals surface area contributed by atoms with Gasteiger partial charge in [-0.25, -0.2) is 0 Å². The molecule has 0 bridgehead atoms. The van der Waals surface area contributed by atoms with E-state index in [1.807, 2.05) is 18.3 Å². The van der Waals surface area contributed by atoms with Crippen LogP contribution in [0.3, 0.4) is 0 Å². The van der Waals surface area contributed by atoms with Crippen molar-refractivity contribution >= 4 is 10.9 Å². The van der Waals surface area contributed by atoms with Gasteiger partial charge in [0.05, 0.1) is 0 Å². The van der Waals surface area contributed by atoms with Crippen molar-refractivity contribution < 1.29 is 4.52 Å². The second-order valence-electron chi connectivity index (χ2n) is 5.70. The van der Waals surface area contributed by atoms with Gasteiger partial charge in [0.1, 0.15) is 0 Å². The van der Waals surface area contributed by atoms with Crippen molar-refractivity contribution in [1.29, 1.82) is 0 Å². The molecule has 0 saturated heterocycles. The summed E-state index contributed by atoms with van der Waals surface area (Å²) in [6, 6.07) is 8.17. The van der Waals surface area contributed by atoms with Crippen molar-refractivity contribution in [1.82, 2.24) is 15.1 Å². The molecular weight excluding hydrogens is 250 g/mol. The molecule has 1 N–H and O–H groups in total. The van der Waals surface area contributed by atoms with Gasteiger partial charge in [0.25, 0.3) is 0 Å². The zero-order chi connectivity index (χ0) is 13.6. The van der Waals surface area contributed by atoms with Gasteiger partial charge in [-0.2, -0.15) is 4.98 Å². The minimum atomic E-state index is 0.173. The summed E-state index contributed by atoms with van der Waals surface area (Å²) in [4.78, 5) is 7.88. The lowest BCUT2D eigenvalue weighted by Crippen LogP contribution is -2.06. The highest BCUT2D eigenvalue weighted by Crippen LogP contribution is 2.51. The number of hydrogen-bond acceptors (Lipinski definition) is 3. The van der Waals surface area contributed by atoms with Crippen LogP contribution in [0.4, 0.5) is 0 Å². The second kappa shape index (κ2) is 4.20. The molecule has 2 heterocycles. The highest BCUT2D eigenvalue weighted by atomic mass is 16.5. The van der Waals surface area contributed by atoms with Crippen LogP contribution in [0.1, 0.15) is 38.5 Å². The van der Waals surface area contributed by atoms with Crippen LogP contribution in [0.2, 0.25) is 0 Å². The average molecular weight is 267 g/mol. The van der Waals surface area contributed by atoms with E-state index < -0.39 is 0 Å².